The van der Waals surface area contributed by atoms with Crippen molar-refractivity contribution in [3.05, 3.63) is 89.5 Å². The van der Waals surface area contributed by atoms with Gasteiger partial charge in [0.2, 0.25) is 0 Å². The summed E-state index contributed by atoms with van der Waals surface area (Å²) in [7, 11) is 0. The number of hydrogen-bond acceptors (Lipinski definition) is 1. The molecule has 0 bridgehead atoms. The van der Waals surface area contributed by atoms with Gasteiger partial charge in [0.25, 0.3) is 0 Å². The molecule has 0 heterocycles. The number of hydrogen-bond donors (Lipinski definition) is 0. The van der Waals surface area contributed by atoms with Crippen molar-refractivity contribution in [3.63, 3.8) is 0 Å². The molecule has 0 saturated carbocycles. The summed E-state index contributed by atoms with van der Waals surface area (Å²) in [5, 5.41) is 0. The molecule has 0 spiro atoms. The number of ether oxygens (including phenoxy) is 1. The van der Waals surface area contributed by atoms with Crippen LogP contribution in [0.25, 0.3) is 11.1 Å². The maximum absolute atomic E-state index is 14.2. The van der Waals surface area contributed by atoms with Crippen LogP contribution in [0.5, 0.6) is 5.75 Å². The first-order valence-corrected chi connectivity index (χ1v) is 8.01. The van der Waals surface area contributed by atoms with Crippen molar-refractivity contribution >= 4 is 0 Å². The van der Waals surface area contributed by atoms with Gasteiger partial charge in [-0.2, -0.15) is 0 Å². The number of rotatable bonds is 3. The second-order valence-corrected chi connectivity index (χ2v) is 5.96. The van der Waals surface area contributed by atoms with Crippen LogP contribution in [0.1, 0.15) is 23.7 Å². The van der Waals surface area contributed by atoms with Crippen LogP contribution in [0.3, 0.4) is 0 Å². The highest BCUT2D eigenvalue weighted by molar-refractivity contribution is 5.70. The first kappa shape index (κ1) is 14.9. The van der Waals surface area contributed by atoms with E-state index >= 15 is 0 Å². The lowest BCUT2D eigenvalue weighted by Gasteiger charge is -2.16. The monoisotopic (exact) mass is 322 g/mol. The second-order valence-electron chi connectivity index (χ2n) is 5.96. The third kappa shape index (κ3) is 2.67. The van der Waals surface area contributed by atoms with E-state index in [4.69, 9.17) is 4.74 Å². The fourth-order valence-electron chi connectivity index (χ4n) is 3.36. The Bertz CT molecular complexity index is 874. The standard InChI is InChI=1S/C21H16F2O/c22-14-9-11-20(23)19(13-14)16-7-4-8-18-17(16)10-12-21(18)24-15-5-2-1-3-6-15/h1-9,11,13,21H,10,12H2/t21-/m1/s1. The van der Waals surface area contributed by atoms with Gasteiger partial charge in [-0.1, -0.05) is 36.4 Å². The Labute approximate surface area is 139 Å². The van der Waals surface area contributed by atoms with Gasteiger partial charge in [0.1, 0.15) is 23.5 Å². The van der Waals surface area contributed by atoms with Crippen molar-refractivity contribution in [1.29, 1.82) is 0 Å². The van der Waals surface area contributed by atoms with E-state index in [0.29, 0.717) is 5.56 Å². The van der Waals surface area contributed by atoms with E-state index in [1.165, 1.54) is 12.1 Å². The molecule has 1 atom stereocenters. The molecular formula is C21H16F2O. The van der Waals surface area contributed by atoms with Gasteiger partial charge in [-0.25, -0.2) is 8.78 Å². The van der Waals surface area contributed by atoms with Crippen molar-refractivity contribution in [2.45, 2.75) is 18.9 Å². The summed E-state index contributed by atoms with van der Waals surface area (Å²) in [6.45, 7) is 0. The molecule has 0 unspecified atom stereocenters. The molecule has 0 saturated heterocycles. The van der Waals surface area contributed by atoms with Gasteiger partial charge in [-0.05, 0) is 59.9 Å². The summed E-state index contributed by atoms with van der Waals surface area (Å²) < 4.78 is 33.8. The Morgan fingerprint density at radius 3 is 2.50 bits per heavy atom. The lowest BCUT2D eigenvalue weighted by Crippen LogP contribution is -2.03. The summed E-state index contributed by atoms with van der Waals surface area (Å²) in [5.41, 5.74) is 3.17. The number of halogens is 2. The summed E-state index contributed by atoms with van der Waals surface area (Å²) in [6, 6.07) is 19.0. The third-order valence-corrected chi connectivity index (χ3v) is 4.46. The van der Waals surface area contributed by atoms with Gasteiger partial charge >= 0.3 is 0 Å². The number of para-hydroxylation sites is 1. The van der Waals surface area contributed by atoms with E-state index in [1.54, 1.807) is 0 Å². The molecule has 1 aliphatic rings. The third-order valence-electron chi connectivity index (χ3n) is 4.46. The summed E-state index contributed by atoms with van der Waals surface area (Å²) in [5.74, 6) is -0.0194. The van der Waals surface area contributed by atoms with Gasteiger partial charge in [0.15, 0.2) is 0 Å². The fraction of sp³-hybridized carbons (Fsp3) is 0.143. The molecule has 1 aliphatic carbocycles. The van der Waals surface area contributed by atoms with Crippen LogP contribution >= 0.6 is 0 Å². The van der Waals surface area contributed by atoms with E-state index in [2.05, 4.69) is 0 Å². The lowest BCUT2D eigenvalue weighted by molar-refractivity contribution is 0.207. The molecule has 0 N–H and O–H groups in total. The molecule has 24 heavy (non-hydrogen) atoms. The van der Waals surface area contributed by atoms with E-state index in [-0.39, 0.29) is 6.10 Å². The van der Waals surface area contributed by atoms with Gasteiger partial charge < -0.3 is 4.74 Å². The molecule has 1 nitrogen and oxygen atoms in total. The van der Waals surface area contributed by atoms with E-state index in [0.717, 1.165) is 41.3 Å². The first-order chi connectivity index (χ1) is 11.7. The molecule has 3 aromatic rings. The zero-order chi connectivity index (χ0) is 16.5. The molecule has 0 aliphatic heterocycles. The van der Waals surface area contributed by atoms with Crippen molar-refractivity contribution < 1.29 is 13.5 Å². The van der Waals surface area contributed by atoms with Crippen molar-refractivity contribution in [2.24, 2.45) is 0 Å². The van der Waals surface area contributed by atoms with E-state index in [1.807, 2.05) is 48.5 Å². The highest BCUT2D eigenvalue weighted by atomic mass is 19.1. The number of fused-ring (bicyclic) bond motifs is 1. The SMILES string of the molecule is Fc1ccc(F)c(-c2cccc3c2CC[C@H]3Oc2ccccc2)c1. The van der Waals surface area contributed by atoms with E-state index < -0.39 is 11.6 Å². The van der Waals surface area contributed by atoms with Crippen LogP contribution in [0.15, 0.2) is 66.7 Å². The average molecular weight is 322 g/mol. The predicted molar refractivity (Wildman–Crippen MR) is 89.9 cm³/mol. The predicted octanol–water partition coefficient (Wildman–Crippen LogP) is 5.70. The summed E-state index contributed by atoms with van der Waals surface area (Å²) in [4.78, 5) is 0. The smallest absolute Gasteiger partial charge is 0.131 e. The minimum Gasteiger partial charge on any atom is -0.486 e. The zero-order valence-electron chi connectivity index (χ0n) is 13.0. The molecule has 0 fully saturated rings. The molecule has 3 heteroatoms. The summed E-state index contributed by atoms with van der Waals surface area (Å²) >= 11 is 0. The van der Waals surface area contributed by atoms with Crippen LogP contribution in [0.2, 0.25) is 0 Å². The maximum Gasteiger partial charge on any atom is 0.131 e. The van der Waals surface area contributed by atoms with E-state index in [9.17, 15) is 8.78 Å². The molecule has 120 valence electrons. The lowest BCUT2D eigenvalue weighted by atomic mass is 9.96. The van der Waals surface area contributed by atoms with Crippen LogP contribution in [-0.4, -0.2) is 0 Å². The Kier molecular flexibility index (Phi) is 3.77. The molecule has 4 rings (SSSR count). The van der Waals surface area contributed by atoms with Crippen molar-refractivity contribution in [1.82, 2.24) is 0 Å². The Morgan fingerprint density at radius 1 is 0.833 bits per heavy atom. The minimum absolute atomic E-state index is 0.0565. The van der Waals surface area contributed by atoms with Crippen molar-refractivity contribution in [3.8, 4) is 16.9 Å². The van der Waals surface area contributed by atoms with Gasteiger partial charge in [0, 0.05) is 5.56 Å². The first-order valence-electron chi connectivity index (χ1n) is 8.01. The average Bonchev–Trinajstić information content (AvgIpc) is 3.01. The number of benzene rings is 3. The topological polar surface area (TPSA) is 9.23 Å². The minimum atomic E-state index is -0.431. The second kappa shape index (κ2) is 6.08. The quantitative estimate of drug-likeness (QED) is 0.601. The Morgan fingerprint density at radius 2 is 1.67 bits per heavy atom. The molecule has 0 amide bonds. The van der Waals surface area contributed by atoms with Crippen LogP contribution in [-0.2, 0) is 6.42 Å². The molecular weight excluding hydrogens is 306 g/mol. The maximum atomic E-state index is 14.2. The van der Waals surface area contributed by atoms with Gasteiger partial charge in [-0.15, -0.1) is 0 Å². The normalized spacial score (nSPS) is 16.0. The van der Waals surface area contributed by atoms with Crippen LogP contribution < -0.4 is 4.74 Å². The fourth-order valence-corrected chi connectivity index (χ4v) is 3.36. The zero-order valence-corrected chi connectivity index (χ0v) is 13.0. The Balaban J connectivity index is 1.73. The van der Waals surface area contributed by atoms with Crippen LogP contribution in [0, 0.1) is 11.6 Å². The molecule has 0 aromatic heterocycles. The van der Waals surface area contributed by atoms with Gasteiger partial charge in [-0.3, -0.25) is 0 Å². The largest absolute Gasteiger partial charge is 0.486 e. The highest BCUT2D eigenvalue weighted by Crippen LogP contribution is 2.40. The van der Waals surface area contributed by atoms with Gasteiger partial charge in [0.05, 0.1) is 0 Å². The van der Waals surface area contributed by atoms with Crippen LogP contribution in [0.4, 0.5) is 8.78 Å². The molecule has 0 radical (unpaired) electrons. The summed E-state index contributed by atoms with van der Waals surface area (Å²) in [6.07, 6.45) is 1.57. The Hall–Kier alpha value is -2.68. The molecule has 3 aromatic carbocycles. The highest BCUT2D eigenvalue weighted by Gasteiger charge is 2.27. The van der Waals surface area contributed by atoms with Crippen molar-refractivity contribution in [2.75, 3.05) is 0 Å².